The molecule has 0 saturated carbocycles. The number of nitrogens with one attached hydrogen (secondary N) is 2. The van der Waals surface area contributed by atoms with Crippen LogP contribution in [0, 0.1) is 0 Å². The molecule has 5 nitrogen and oxygen atoms in total. The molecular formula is C27H25N3O2. The third-order valence-corrected chi connectivity index (χ3v) is 5.48. The van der Waals surface area contributed by atoms with Gasteiger partial charge in [-0.1, -0.05) is 48.5 Å². The number of hydrogen-bond acceptors (Lipinski definition) is 3. The van der Waals surface area contributed by atoms with Crippen molar-refractivity contribution >= 4 is 34.0 Å². The van der Waals surface area contributed by atoms with Gasteiger partial charge in [-0.05, 0) is 60.2 Å². The molecule has 2 amide bonds. The van der Waals surface area contributed by atoms with Gasteiger partial charge < -0.3 is 10.6 Å². The van der Waals surface area contributed by atoms with Crippen LogP contribution < -0.4 is 10.6 Å². The van der Waals surface area contributed by atoms with E-state index < -0.39 is 0 Å². The van der Waals surface area contributed by atoms with Crippen LogP contribution >= 0.6 is 0 Å². The summed E-state index contributed by atoms with van der Waals surface area (Å²) >= 11 is 0. The normalized spacial score (nSPS) is 11.7. The standard InChI is InChI=1S/C27H25N3O2/c1-19(21-5-3-2-4-6-21)27(32)30-24-11-7-20(8-12-24)9-14-26(31)29-25-13-10-23-18-28-16-15-22(23)17-25/h2-8,10-13,15-19H,9,14H2,1H3,(H,29,31)(H,30,32). The maximum Gasteiger partial charge on any atom is 0.231 e. The van der Waals surface area contributed by atoms with Gasteiger partial charge >= 0.3 is 0 Å². The van der Waals surface area contributed by atoms with Crippen molar-refractivity contribution in [3.05, 3.63) is 102 Å². The second-order valence-corrected chi connectivity index (χ2v) is 7.80. The maximum absolute atomic E-state index is 12.5. The summed E-state index contributed by atoms with van der Waals surface area (Å²) in [7, 11) is 0. The Morgan fingerprint density at radius 3 is 2.38 bits per heavy atom. The molecule has 1 atom stereocenters. The molecule has 1 heterocycles. The molecule has 0 saturated heterocycles. The van der Waals surface area contributed by atoms with E-state index in [9.17, 15) is 9.59 Å². The Balaban J connectivity index is 1.28. The Kier molecular flexibility index (Phi) is 6.56. The summed E-state index contributed by atoms with van der Waals surface area (Å²) in [4.78, 5) is 29.0. The van der Waals surface area contributed by atoms with E-state index in [1.807, 2.05) is 85.8 Å². The van der Waals surface area contributed by atoms with E-state index in [2.05, 4.69) is 15.6 Å². The molecule has 4 rings (SSSR count). The number of hydrogen-bond donors (Lipinski definition) is 2. The lowest BCUT2D eigenvalue weighted by atomic mass is 10.0. The van der Waals surface area contributed by atoms with Crippen molar-refractivity contribution in [3.63, 3.8) is 0 Å². The summed E-state index contributed by atoms with van der Waals surface area (Å²) in [6.45, 7) is 1.89. The number of aromatic nitrogens is 1. The topological polar surface area (TPSA) is 71.1 Å². The van der Waals surface area contributed by atoms with Crippen molar-refractivity contribution in [2.75, 3.05) is 10.6 Å². The maximum atomic E-state index is 12.5. The minimum Gasteiger partial charge on any atom is -0.326 e. The molecule has 4 aromatic rings. The van der Waals surface area contributed by atoms with Gasteiger partial charge in [0.2, 0.25) is 11.8 Å². The monoisotopic (exact) mass is 423 g/mol. The fraction of sp³-hybridized carbons (Fsp3) is 0.148. The number of rotatable bonds is 7. The lowest BCUT2D eigenvalue weighted by Gasteiger charge is -2.13. The third kappa shape index (κ3) is 5.38. The molecule has 160 valence electrons. The van der Waals surface area contributed by atoms with Crippen molar-refractivity contribution in [1.82, 2.24) is 4.98 Å². The molecule has 5 heteroatoms. The minimum atomic E-state index is -0.231. The van der Waals surface area contributed by atoms with Gasteiger partial charge in [0.15, 0.2) is 0 Å². The van der Waals surface area contributed by atoms with E-state index in [1.54, 1.807) is 12.4 Å². The first-order valence-corrected chi connectivity index (χ1v) is 10.7. The first kappa shape index (κ1) is 21.2. The average molecular weight is 424 g/mol. The number of carbonyl (C=O) groups excluding carboxylic acids is 2. The molecular weight excluding hydrogens is 398 g/mol. The summed E-state index contributed by atoms with van der Waals surface area (Å²) < 4.78 is 0. The molecule has 0 bridgehead atoms. The largest absolute Gasteiger partial charge is 0.326 e. The highest BCUT2D eigenvalue weighted by Crippen LogP contribution is 2.20. The molecule has 0 aliphatic heterocycles. The van der Waals surface area contributed by atoms with Crippen LogP contribution in [0.5, 0.6) is 0 Å². The van der Waals surface area contributed by atoms with Gasteiger partial charge in [-0.15, -0.1) is 0 Å². The number of carbonyl (C=O) groups is 2. The van der Waals surface area contributed by atoms with Gasteiger partial charge in [0.1, 0.15) is 0 Å². The number of benzene rings is 3. The van der Waals surface area contributed by atoms with Gasteiger partial charge in [-0.3, -0.25) is 14.6 Å². The molecule has 0 aliphatic carbocycles. The summed E-state index contributed by atoms with van der Waals surface area (Å²) in [5, 5.41) is 7.99. The molecule has 3 aromatic carbocycles. The Morgan fingerprint density at radius 1 is 0.844 bits per heavy atom. The van der Waals surface area contributed by atoms with Gasteiger partial charge in [0.05, 0.1) is 5.92 Å². The zero-order chi connectivity index (χ0) is 22.3. The number of fused-ring (bicyclic) bond motifs is 1. The molecule has 0 spiro atoms. The van der Waals surface area contributed by atoms with Crippen molar-refractivity contribution in [1.29, 1.82) is 0 Å². The third-order valence-electron chi connectivity index (χ3n) is 5.48. The predicted molar refractivity (Wildman–Crippen MR) is 129 cm³/mol. The predicted octanol–water partition coefficient (Wildman–Crippen LogP) is 5.55. The molecule has 2 N–H and O–H groups in total. The van der Waals surface area contributed by atoms with Gasteiger partial charge in [0, 0.05) is 35.6 Å². The van der Waals surface area contributed by atoms with E-state index >= 15 is 0 Å². The Bertz CT molecular complexity index is 1220. The highest BCUT2D eigenvalue weighted by atomic mass is 16.2. The Hall–Kier alpha value is -3.99. The van der Waals surface area contributed by atoms with Crippen molar-refractivity contribution in [3.8, 4) is 0 Å². The van der Waals surface area contributed by atoms with Crippen LogP contribution in [0.1, 0.15) is 30.4 Å². The van der Waals surface area contributed by atoms with E-state index in [1.165, 1.54) is 0 Å². The first-order chi connectivity index (χ1) is 15.6. The van der Waals surface area contributed by atoms with Crippen LogP contribution in [-0.2, 0) is 16.0 Å². The fourth-order valence-corrected chi connectivity index (χ4v) is 3.54. The fourth-order valence-electron chi connectivity index (χ4n) is 3.54. The molecule has 0 fully saturated rings. The summed E-state index contributed by atoms with van der Waals surface area (Å²) in [5.74, 6) is -0.312. The van der Waals surface area contributed by atoms with Crippen molar-refractivity contribution in [2.45, 2.75) is 25.7 Å². The molecule has 0 radical (unpaired) electrons. The SMILES string of the molecule is CC(C(=O)Nc1ccc(CCC(=O)Nc2ccc3cnccc3c2)cc1)c1ccccc1. The quantitative estimate of drug-likeness (QED) is 0.409. The number of amides is 2. The molecule has 1 aromatic heterocycles. The van der Waals surface area contributed by atoms with Gasteiger partial charge in [-0.25, -0.2) is 0 Å². The lowest BCUT2D eigenvalue weighted by Crippen LogP contribution is -2.18. The van der Waals surface area contributed by atoms with E-state index in [0.717, 1.165) is 33.3 Å². The second-order valence-electron chi connectivity index (χ2n) is 7.80. The van der Waals surface area contributed by atoms with Crippen molar-refractivity contribution < 1.29 is 9.59 Å². The summed E-state index contributed by atoms with van der Waals surface area (Å²) in [6.07, 6.45) is 4.54. The van der Waals surface area contributed by atoms with E-state index in [4.69, 9.17) is 0 Å². The number of pyridine rings is 1. The molecule has 0 aliphatic rings. The number of aryl methyl sites for hydroxylation is 1. The van der Waals surface area contributed by atoms with Crippen LogP contribution in [0.2, 0.25) is 0 Å². The highest BCUT2D eigenvalue weighted by molar-refractivity contribution is 5.96. The molecule has 32 heavy (non-hydrogen) atoms. The zero-order valence-corrected chi connectivity index (χ0v) is 17.9. The van der Waals surface area contributed by atoms with E-state index in [0.29, 0.717) is 12.8 Å². The lowest BCUT2D eigenvalue weighted by molar-refractivity contribution is -0.117. The van der Waals surface area contributed by atoms with Gasteiger partial charge in [0.25, 0.3) is 0 Å². The smallest absolute Gasteiger partial charge is 0.231 e. The van der Waals surface area contributed by atoms with Crippen LogP contribution in [0.25, 0.3) is 10.8 Å². The minimum absolute atomic E-state index is 0.0347. The van der Waals surface area contributed by atoms with Gasteiger partial charge in [-0.2, -0.15) is 0 Å². The number of anilines is 2. The summed E-state index contributed by atoms with van der Waals surface area (Å²) in [6, 6.07) is 25.0. The Labute approximate surface area is 187 Å². The zero-order valence-electron chi connectivity index (χ0n) is 17.9. The van der Waals surface area contributed by atoms with Crippen LogP contribution in [0.3, 0.4) is 0 Å². The number of nitrogens with zero attached hydrogens (tertiary/aromatic N) is 1. The van der Waals surface area contributed by atoms with Crippen LogP contribution in [-0.4, -0.2) is 16.8 Å². The van der Waals surface area contributed by atoms with Crippen molar-refractivity contribution in [2.24, 2.45) is 0 Å². The summed E-state index contributed by atoms with van der Waals surface area (Å²) in [5.41, 5.74) is 3.55. The van der Waals surface area contributed by atoms with Crippen LogP contribution in [0.4, 0.5) is 11.4 Å². The van der Waals surface area contributed by atoms with E-state index in [-0.39, 0.29) is 17.7 Å². The average Bonchev–Trinajstić information content (AvgIpc) is 2.83. The van der Waals surface area contributed by atoms with Crippen LogP contribution in [0.15, 0.2) is 91.3 Å². The first-order valence-electron chi connectivity index (χ1n) is 10.7. The second kappa shape index (κ2) is 9.88. The molecule has 1 unspecified atom stereocenters. The highest BCUT2D eigenvalue weighted by Gasteiger charge is 2.15. The Morgan fingerprint density at radius 2 is 1.59 bits per heavy atom.